The second-order valence-corrected chi connectivity index (χ2v) is 6.03. The average Bonchev–Trinajstić information content (AvgIpc) is 3.04. The summed E-state index contributed by atoms with van der Waals surface area (Å²) >= 11 is 0. The van der Waals surface area contributed by atoms with E-state index in [0.29, 0.717) is 0 Å². The molecule has 0 bridgehead atoms. The first-order valence-electron chi connectivity index (χ1n) is 7.46. The van der Waals surface area contributed by atoms with E-state index < -0.39 is 0 Å². The van der Waals surface area contributed by atoms with Gasteiger partial charge in [-0.1, -0.05) is 0 Å². The Balaban J connectivity index is 1.48. The Kier molecular flexibility index (Phi) is 3.99. The van der Waals surface area contributed by atoms with Crippen LogP contribution in [0.1, 0.15) is 32.1 Å². The first-order chi connectivity index (χ1) is 8.42. The van der Waals surface area contributed by atoms with Crippen LogP contribution in [-0.2, 0) is 4.74 Å². The summed E-state index contributed by atoms with van der Waals surface area (Å²) in [5, 5.41) is 0. The monoisotopic (exact) mass is 238 g/mol. The standard InChI is InChI=1S/C14H26N2O/c1-2-7-15(6-1)11-14-4-3-8-16(14)10-13-5-9-17-12-13/h13-14H,1-12H2/t13-,14+/m0/s1. The smallest absolute Gasteiger partial charge is 0.0507 e. The molecule has 3 fully saturated rings. The third-order valence-electron chi connectivity index (χ3n) is 4.68. The molecule has 0 spiro atoms. The van der Waals surface area contributed by atoms with Crippen molar-refractivity contribution in [2.75, 3.05) is 45.9 Å². The highest BCUT2D eigenvalue weighted by atomic mass is 16.5. The highest BCUT2D eigenvalue weighted by molar-refractivity contribution is 4.85. The molecule has 17 heavy (non-hydrogen) atoms. The van der Waals surface area contributed by atoms with Gasteiger partial charge in [-0.3, -0.25) is 4.90 Å². The van der Waals surface area contributed by atoms with E-state index in [2.05, 4.69) is 9.80 Å². The normalized spacial score (nSPS) is 36.0. The molecule has 3 heteroatoms. The number of hydrogen-bond acceptors (Lipinski definition) is 3. The van der Waals surface area contributed by atoms with E-state index in [1.165, 1.54) is 64.8 Å². The van der Waals surface area contributed by atoms with Gasteiger partial charge in [-0.2, -0.15) is 0 Å². The van der Waals surface area contributed by atoms with E-state index in [1.807, 2.05) is 0 Å². The van der Waals surface area contributed by atoms with Crippen molar-refractivity contribution in [3.05, 3.63) is 0 Å². The Hall–Kier alpha value is -0.120. The zero-order valence-electron chi connectivity index (χ0n) is 10.9. The summed E-state index contributed by atoms with van der Waals surface area (Å²) in [6.45, 7) is 8.64. The molecule has 0 N–H and O–H groups in total. The predicted molar refractivity (Wildman–Crippen MR) is 69.2 cm³/mol. The Bertz CT molecular complexity index is 210. The van der Waals surface area contributed by atoms with Crippen LogP contribution in [0.4, 0.5) is 0 Å². The van der Waals surface area contributed by atoms with Crippen molar-refractivity contribution >= 4 is 0 Å². The molecule has 2 atom stereocenters. The summed E-state index contributed by atoms with van der Waals surface area (Å²) in [5.41, 5.74) is 0. The average molecular weight is 238 g/mol. The lowest BCUT2D eigenvalue weighted by atomic mass is 10.1. The van der Waals surface area contributed by atoms with Gasteiger partial charge >= 0.3 is 0 Å². The Labute approximate surface area is 105 Å². The van der Waals surface area contributed by atoms with Gasteiger partial charge in [-0.05, 0) is 57.7 Å². The zero-order chi connectivity index (χ0) is 11.5. The van der Waals surface area contributed by atoms with Crippen LogP contribution in [0, 0.1) is 5.92 Å². The van der Waals surface area contributed by atoms with Gasteiger partial charge in [-0.15, -0.1) is 0 Å². The molecule has 0 radical (unpaired) electrons. The lowest BCUT2D eigenvalue weighted by Crippen LogP contribution is -2.41. The molecule has 3 aliphatic heterocycles. The van der Waals surface area contributed by atoms with E-state index in [4.69, 9.17) is 4.74 Å². The largest absolute Gasteiger partial charge is 0.381 e. The molecular weight excluding hydrogens is 212 g/mol. The SMILES string of the molecule is C1CCN(C[C@H]2CCCN2C[C@@H]2CCOC2)C1. The molecule has 0 unspecified atom stereocenters. The fraction of sp³-hybridized carbons (Fsp3) is 1.00. The summed E-state index contributed by atoms with van der Waals surface area (Å²) in [4.78, 5) is 5.42. The summed E-state index contributed by atoms with van der Waals surface area (Å²) < 4.78 is 5.50. The highest BCUT2D eigenvalue weighted by Gasteiger charge is 2.29. The summed E-state index contributed by atoms with van der Waals surface area (Å²) in [6.07, 6.45) is 6.95. The van der Waals surface area contributed by atoms with E-state index in [0.717, 1.165) is 25.2 Å². The molecule has 0 aliphatic carbocycles. The molecule has 0 aromatic carbocycles. The number of nitrogens with zero attached hydrogens (tertiary/aromatic N) is 2. The maximum atomic E-state index is 5.50. The zero-order valence-corrected chi connectivity index (χ0v) is 10.9. The van der Waals surface area contributed by atoms with Crippen LogP contribution in [0.2, 0.25) is 0 Å². The van der Waals surface area contributed by atoms with Gasteiger partial charge in [0.05, 0.1) is 6.61 Å². The van der Waals surface area contributed by atoms with Crippen LogP contribution in [0.3, 0.4) is 0 Å². The minimum atomic E-state index is 0.814. The van der Waals surface area contributed by atoms with Crippen LogP contribution in [0.5, 0.6) is 0 Å². The van der Waals surface area contributed by atoms with Crippen LogP contribution in [0.25, 0.3) is 0 Å². The topological polar surface area (TPSA) is 15.7 Å². The van der Waals surface area contributed by atoms with Gasteiger partial charge in [0.25, 0.3) is 0 Å². The second-order valence-electron chi connectivity index (χ2n) is 6.03. The van der Waals surface area contributed by atoms with Crippen LogP contribution in [-0.4, -0.2) is 61.8 Å². The van der Waals surface area contributed by atoms with Gasteiger partial charge in [0.15, 0.2) is 0 Å². The lowest BCUT2D eigenvalue weighted by Gasteiger charge is -2.30. The summed E-state index contributed by atoms with van der Waals surface area (Å²) in [7, 11) is 0. The van der Waals surface area contributed by atoms with Crippen molar-refractivity contribution in [2.24, 2.45) is 5.92 Å². The number of rotatable bonds is 4. The molecule has 3 nitrogen and oxygen atoms in total. The Morgan fingerprint density at radius 3 is 2.59 bits per heavy atom. The van der Waals surface area contributed by atoms with Crippen molar-refractivity contribution in [3.8, 4) is 0 Å². The fourth-order valence-corrected chi connectivity index (χ4v) is 3.66. The molecule has 0 aromatic rings. The molecule has 3 heterocycles. The Morgan fingerprint density at radius 1 is 0.941 bits per heavy atom. The predicted octanol–water partition coefficient (Wildman–Crippen LogP) is 1.58. The number of hydrogen-bond donors (Lipinski definition) is 0. The molecule has 3 aliphatic rings. The summed E-state index contributed by atoms with van der Waals surface area (Å²) in [5.74, 6) is 0.814. The Morgan fingerprint density at radius 2 is 1.82 bits per heavy atom. The molecule has 0 amide bonds. The summed E-state index contributed by atoms with van der Waals surface area (Å²) in [6, 6.07) is 0.841. The second kappa shape index (κ2) is 5.68. The highest BCUT2D eigenvalue weighted by Crippen LogP contribution is 2.23. The van der Waals surface area contributed by atoms with Crippen LogP contribution < -0.4 is 0 Å². The van der Waals surface area contributed by atoms with Crippen molar-refractivity contribution in [3.63, 3.8) is 0 Å². The molecule has 3 saturated heterocycles. The number of likely N-dealkylation sites (tertiary alicyclic amines) is 2. The van der Waals surface area contributed by atoms with Gasteiger partial charge in [0.1, 0.15) is 0 Å². The maximum absolute atomic E-state index is 5.50. The minimum absolute atomic E-state index is 0.814. The third-order valence-corrected chi connectivity index (χ3v) is 4.68. The van der Waals surface area contributed by atoms with Crippen LogP contribution in [0.15, 0.2) is 0 Å². The van der Waals surface area contributed by atoms with E-state index in [1.54, 1.807) is 0 Å². The third kappa shape index (κ3) is 3.01. The minimum Gasteiger partial charge on any atom is -0.381 e. The molecule has 0 saturated carbocycles. The molecular formula is C14H26N2O. The molecule has 0 aromatic heterocycles. The van der Waals surface area contributed by atoms with Crippen molar-refractivity contribution in [1.29, 1.82) is 0 Å². The van der Waals surface area contributed by atoms with E-state index in [9.17, 15) is 0 Å². The van der Waals surface area contributed by atoms with Crippen molar-refractivity contribution < 1.29 is 4.74 Å². The van der Waals surface area contributed by atoms with Gasteiger partial charge in [-0.25, -0.2) is 0 Å². The first-order valence-corrected chi connectivity index (χ1v) is 7.46. The number of ether oxygens (including phenoxy) is 1. The van der Waals surface area contributed by atoms with Gasteiger partial charge < -0.3 is 9.64 Å². The fourth-order valence-electron chi connectivity index (χ4n) is 3.66. The first kappa shape index (κ1) is 11.9. The van der Waals surface area contributed by atoms with Crippen molar-refractivity contribution in [1.82, 2.24) is 9.80 Å². The van der Waals surface area contributed by atoms with E-state index in [-0.39, 0.29) is 0 Å². The quantitative estimate of drug-likeness (QED) is 0.739. The maximum Gasteiger partial charge on any atom is 0.0507 e. The van der Waals surface area contributed by atoms with Gasteiger partial charge in [0, 0.05) is 25.7 Å². The molecule has 3 rings (SSSR count). The van der Waals surface area contributed by atoms with Gasteiger partial charge in [0.2, 0.25) is 0 Å². The van der Waals surface area contributed by atoms with Crippen LogP contribution >= 0.6 is 0 Å². The van der Waals surface area contributed by atoms with Crippen molar-refractivity contribution in [2.45, 2.75) is 38.1 Å². The lowest BCUT2D eigenvalue weighted by molar-refractivity contribution is 0.147. The molecule has 98 valence electrons. The van der Waals surface area contributed by atoms with E-state index >= 15 is 0 Å².